The number of likely N-dealkylation sites (N-methyl/N-ethyl adjacent to an activating group) is 1. The molecule has 100 valence electrons. The standard InChI is InChI=1S/C14H18N4O/c1-15-9-12-3-2-6-18(12)14(19)10-4-5-13-11(7-10)8-16-17-13/h4-5,7-8,12,15H,2-3,6,9H2,1H3,(H,16,17)/t12-/m1/s1. The molecule has 0 aliphatic carbocycles. The normalized spacial score (nSPS) is 19.2. The van der Waals surface area contributed by atoms with Gasteiger partial charge in [0.05, 0.1) is 11.7 Å². The number of hydrogen-bond donors (Lipinski definition) is 2. The summed E-state index contributed by atoms with van der Waals surface area (Å²) in [4.78, 5) is 14.5. The molecule has 1 saturated heterocycles. The lowest BCUT2D eigenvalue weighted by Crippen LogP contribution is -2.40. The largest absolute Gasteiger partial charge is 0.334 e. The molecule has 2 N–H and O–H groups in total. The Balaban J connectivity index is 1.86. The van der Waals surface area contributed by atoms with Crippen LogP contribution in [0, 0.1) is 0 Å². The lowest BCUT2D eigenvalue weighted by atomic mass is 10.1. The third kappa shape index (κ3) is 2.21. The second kappa shape index (κ2) is 5.01. The minimum absolute atomic E-state index is 0.126. The van der Waals surface area contributed by atoms with E-state index in [1.165, 1.54) is 0 Å². The number of rotatable bonds is 3. The molecule has 1 fully saturated rings. The van der Waals surface area contributed by atoms with Crippen molar-refractivity contribution in [2.24, 2.45) is 0 Å². The molecular formula is C14H18N4O. The molecule has 1 amide bonds. The highest BCUT2D eigenvalue weighted by molar-refractivity contribution is 5.98. The van der Waals surface area contributed by atoms with Crippen molar-refractivity contribution in [2.75, 3.05) is 20.1 Å². The van der Waals surface area contributed by atoms with Gasteiger partial charge in [-0.3, -0.25) is 9.89 Å². The van der Waals surface area contributed by atoms with Gasteiger partial charge in [0.2, 0.25) is 0 Å². The highest BCUT2D eigenvalue weighted by Gasteiger charge is 2.28. The van der Waals surface area contributed by atoms with Crippen LogP contribution in [0.5, 0.6) is 0 Å². The summed E-state index contributed by atoms with van der Waals surface area (Å²) in [6, 6.07) is 6.02. The fourth-order valence-corrected chi connectivity index (χ4v) is 2.79. The van der Waals surface area contributed by atoms with Gasteiger partial charge in [0, 0.05) is 30.1 Å². The molecule has 1 atom stereocenters. The number of amides is 1. The maximum absolute atomic E-state index is 12.6. The zero-order valence-electron chi connectivity index (χ0n) is 11.0. The average molecular weight is 258 g/mol. The molecule has 1 aliphatic heterocycles. The van der Waals surface area contributed by atoms with Crippen LogP contribution in [0.4, 0.5) is 0 Å². The average Bonchev–Trinajstić information content (AvgIpc) is 3.05. The fourth-order valence-electron chi connectivity index (χ4n) is 2.79. The van der Waals surface area contributed by atoms with Gasteiger partial charge in [-0.2, -0.15) is 5.10 Å². The van der Waals surface area contributed by atoms with E-state index < -0.39 is 0 Å². The van der Waals surface area contributed by atoms with Gasteiger partial charge in [-0.25, -0.2) is 0 Å². The number of aromatic nitrogens is 2. The van der Waals surface area contributed by atoms with Gasteiger partial charge in [0.15, 0.2) is 0 Å². The van der Waals surface area contributed by atoms with Crippen molar-refractivity contribution >= 4 is 16.8 Å². The van der Waals surface area contributed by atoms with Crippen LogP contribution in [0.1, 0.15) is 23.2 Å². The quantitative estimate of drug-likeness (QED) is 0.874. The molecule has 1 aromatic heterocycles. The first-order valence-electron chi connectivity index (χ1n) is 6.68. The molecule has 0 radical (unpaired) electrons. The SMILES string of the molecule is CNC[C@H]1CCCN1C(=O)c1ccc2[nH]ncc2c1. The van der Waals surface area contributed by atoms with Gasteiger partial charge < -0.3 is 10.2 Å². The number of fused-ring (bicyclic) bond motifs is 1. The van der Waals surface area contributed by atoms with E-state index in [9.17, 15) is 4.79 Å². The summed E-state index contributed by atoms with van der Waals surface area (Å²) in [6.45, 7) is 1.72. The van der Waals surface area contributed by atoms with Gasteiger partial charge in [-0.05, 0) is 38.1 Å². The molecular weight excluding hydrogens is 240 g/mol. The van der Waals surface area contributed by atoms with Crippen LogP contribution in [-0.4, -0.2) is 47.2 Å². The van der Waals surface area contributed by atoms with Crippen molar-refractivity contribution in [3.8, 4) is 0 Å². The van der Waals surface area contributed by atoms with E-state index in [0.29, 0.717) is 6.04 Å². The number of aromatic amines is 1. The number of carbonyl (C=O) groups is 1. The first-order valence-corrected chi connectivity index (χ1v) is 6.68. The Labute approximate surface area is 112 Å². The first kappa shape index (κ1) is 12.2. The summed E-state index contributed by atoms with van der Waals surface area (Å²) in [5.41, 5.74) is 1.71. The van der Waals surface area contributed by atoms with Gasteiger partial charge in [-0.15, -0.1) is 0 Å². The Bertz CT molecular complexity index is 592. The van der Waals surface area contributed by atoms with Crippen molar-refractivity contribution in [1.29, 1.82) is 0 Å². The molecule has 3 rings (SSSR count). The van der Waals surface area contributed by atoms with Crippen LogP contribution in [-0.2, 0) is 0 Å². The number of benzene rings is 1. The predicted molar refractivity (Wildman–Crippen MR) is 74.1 cm³/mol. The molecule has 5 heteroatoms. The van der Waals surface area contributed by atoms with Crippen molar-refractivity contribution in [2.45, 2.75) is 18.9 Å². The summed E-state index contributed by atoms with van der Waals surface area (Å²) in [5, 5.41) is 11.0. The van der Waals surface area contributed by atoms with E-state index in [4.69, 9.17) is 0 Å². The second-order valence-corrected chi connectivity index (χ2v) is 5.02. The monoisotopic (exact) mass is 258 g/mol. The van der Waals surface area contributed by atoms with E-state index in [-0.39, 0.29) is 5.91 Å². The van der Waals surface area contributed by atoms with Gasteiger partial charge in [-0.1, -0.05) is 0 Å². The number of carbonyl (C=O) groups excluding carboxylic acids is 1. The Morgan fingerprint density at radius 1 is 1.58 bits per heavy atom. The zero-order valence-corrected chi connectivity index (χ0v) is 11.0. The van der Waals surface area contributed by atoms with E-state index in [2.05, 4.69) is 15.5 Å². The van der Waals surface area contributed by atoms with Crippen LogP contribution in [0.15, 0.2) is 24.4 Å². The zero-order chi connectivity index (χ0) is 13.2. The highest BCUT2D eigenvalue weighted by atomic mass is 16.2. The van der Waals surface area contributed by atoms with Gasteiger partial charge in [0.1, 0.15) is 0 Å². The van der Waals surface area contributed by atoms with E-state index in [1.54, 1.807) is 6.20 Å². The Morgan fingerprint density at radius 2 is 2.47 bits per heavy atom. The van der Waals surface area contributed by atoms with Crippen molar-refractivity contribution in [1.82, 2.24) is 20.4 Å². The predicted octanol–water partition coefficient (Wildman–Crippen LogP) is 1.39. The molecule has 5 nitrogen and oxygen atoms in total. The maximum atomic E-state index is 12.6. The Morgan fingerprint density at radius 3 is 3.32 bits per heavy atom. The molecule has 0 unspecified atom stereocenters. The topological polar surface area (TPSA) is 61.0 Å². The summed E-state index contributed by atoms with van der Waals surface area (Å²) >= 11 is 0. The lowest BCUT2D eigenvalue weighted by molar-refractivity contribution is 0.0737. The van der Waals surface area contributed by atoms with Crippen LogP contribution in [0.3, 0.4) is 0 Å². The molecule has 1 aliphatic rings. The van der Waals surface area contributed by atoms with Crippen LogP contribution in [0.2, 0.25) is 0 Å². The molecule has 19 heavy (non-hydrogen) atoms. The third-order valence-electron chi connectivity index (χ3n) is 3.76. The summed E-state index contributed by atoms with van der Waals surface area (Å²) in [6.07, 6.45) is 3.92. The van der Waals surface area contributed by atoms with Crippen LogP contribution >= 0.6 is 0 Å². The highest BCUT2D eigenvalue weighted by Crippen LogP contribution is 2.21. The number of nitrogens with zero attached hydrogens (tertiary/aromatic N) is 2. The van der Waals surface area contributed by atoms with Gasteiger partial charge in [0.25, 0.3) is 5.91 Å². The number of likely N-dealkylation sites (tertiary alicyclic amines) is 1. The van der Waals surface area contributed by atoms with Crippen LogP contribution in [0.25, 0.3) is 10.9 Å². The first-order chi connectivity index (χ1) is 9.29. The molecule has 2 heterocycles. The number of hydrogen-bond acceptors (Lipinski definition) is 3. The number of nitrogens with one attached hydrogen (secondary N) is 2. The number of H-pyrrole nitrogens is 1. The van der Waals surface area contributed by atoms with Crippen molar-refractivity contribution in [3.63, 3.8) is 0 Å². The minimum atomic E-state index is 0.126. The minimum Gasteiger partial charge on any atom is -0.334 e. The van der Waals surface area contributed by atoms with Crippen molar-refractivity contribution in [3.05, 3.63) is 30.0 Å². The molecule has 0 spiro atoms. The van der Waals surface area contributed by atoms with E-state index >= 15 is 0 Å². The third-order valence-corrected chi connectivity index (χ3v) is 3.76. The smallest absolute Gasteiger partial charge is 0.254 e. The summed E-state index contributed by atoms with van der Waals surface area (Å²) < 4.78 is 0. The molecule has 1 aromatic carbocycles. The summed E-state index contributed by atoms with van der Waals surface area (Å²) in [5.74, 6) is 0.126. The van der Waals surface area contributed by atoms with Crippen molar-refractivity contribution < 1.29 is 4.79 Å². The molecule has 0 bridgehead atoms. The molecule has 2 aromatic rings. The summed E-state index contributed by atoms with van der Waals surface area (Å²) in [7, 11) is 1.93. The van der Waals surface area contributed by atoms with E-state index in [0.717, 1.165) is 42.4 Å². The second-order valence-electron chi connectivity index (χ2n) is 5.02. The Kier molecular flexibility index (Phi) is 3.21. The van der Waals surface area contributed by atoms with Gasteiger partial charge >= 0.3 is 0 Å². The lowest BCUT2D eigenvalue weighted by Gasteiger charge is -2.24. The van der Waals surface area contributed by atoms with E-state index in [1.807, 2.05) is 30.1 Å². The molecule has 0 saturated carbocycles. The fraction of sp³-hybridized carbons (Fsp3) is 0.429. The van der Waals surface area contributed by atoms with Crippen LogP contribution < -0.4 is 5.32 Å². The maximum Gasteiger partial charge on any atom is 0.254 e. The Hall–Kier alpha value is -1.88.